The van der Waals surface area contributed by atoms with Crippen molar-refractivity contribution in [2.24, 2.45) is 0 Å². The van der Waals surface area contributed by atoms with Crippen molar-refractivity contribution in [1.82, 2.24) is 5.32 Å². The number of rotatable bonds is 7. The van der Waals surface area contributed by atoms with Crippen LogP contribution in [0.3, 0.4) is 0 Å². The van der Waals surface area contributed by atoms with E-state index in [9.17, 15) is 0 Å². The van der Waals surface area contributed by atoms with Gasteiger partial charge in [0.25, 0.3) is 0 Å². The predicted octanol–water partition coefficient (Wildman–Crippen LogP) is 4.97. The molecule has 20 heavy (non-hydrogen) atoms. The van der Waals surface area contributed by atoms with Gasteiger partial charge < -0.3 is 5.32 Å². The van der Waals surface area contributed by atoms with Crippen LogP contribution in [-0.2, 0) is 12.8 Å². The Morgan fingerprint density at radius 3 is 2.75 bits per heavy atom. The summed E-state index contributed by atoms with van der Waals surface area (Å²) in [5.41, 5.74) is 2.88. The van der Waals surface area contributed by atoms with Crippen LogP contribution < -0.4 is 5.32 Å². The highest BCUT2D eigenvalue weighted by molar-refractivity contribution is 9.10. The van der Waals surface area contributed by atoms with Gasteiger partial charge in [-0.15, -0.1) is 11.3 Å². The van der Waals surface area contributed by atoms with E-state index in [0.717, 1.165) is 19.4 Å². The second-order valence-corrected chi connectivity index (χ2v) is 7.07. The number of hydrogen-bond acceptors (Lipinski definition) is 2. The molecule has 1 aromatic heterocycles. The molecule has 0 saturated heterocycles. The van der Waals surface area contributed by atoms with Crippen molar-refractivity contribution < 1.29 is 0 Å². The van der Waals surface area contributed by atoms with Crippen molar-refractivity contribution in [2.75, 3.05) is 6.54 Å². The van der Waals surface area contributed by atoms with Gasteiger partial charge in [-0.25, -0.2) is 0 Å². The average molecular weight is 352 g/mol. The van der Waals surface area contributed by atoms with Crippen molar-refractivity contribution in [3.8, 4) is 0 Å². The largest absolute Gasteiger partial charge is 0.314 e. The molecule has 0 fully saturated rings. The lowest BCUT2D eigenvalue weighted by molar-refractivity contribution is 0.493. The van der Waals surface area contributed by atoms with Crippen molar-refractivity contribution in [1.29, 1.82) is 0 Å². The zero-order valence-electron chi connectivity index (χ0n) is 12.2. The molecule has 0 saturated carbocycles. The van der Waals surface area contributed by atoms with E-state index in [0.29, 0.717) is 6.04 Å². The fourth-order valence-corrected chi connectivity index (χ4v) is 4.02. The maximum absolute atomic E-state index is 3.62. The molecule has 2 aromatic rings. The van der Waals surface area contributed by atoms with Gasteiger partial charge in [-0.05, 0) is 65.9 Å². The number of hydrogen-bond donors (Lipinski definition) is 1. The lowest BCUT2D eigenvalue weighted by atomic mass is 9.99. The first-order valence-electron chi connectivity index (χ1n) is 7.20. The highest BCUT2D eigenvalue weighted by Crippen LogP contribution is 2.22. The van der Waals surface area contributed by atoms with Gasteiger partial charge in [0.2, 0.25) is 0 Å². The van der Waals surface area contributed by atoms with Crippen LogP contribution in [0.4, 0.5) is 0 Å². The lowest BCUT2D eigenvalue weighted by Gasteiger charge is -2.17. The first-order chi connectivity index (χ1) is 9.69. The Labute approximate surface area is 134 Å². The molecule has 0 amide bonds. The number of nitrogens with one attached hydrogen (secondary N) is 1. The Kier molecular flexibility index (Phi) is 6.27. The molecule has 3 heteroatoms. The van der Waals surface area contributed by atoms with Crippen LogP contribution in [0.5, 0.6) is 0 Å². The Balaban J connectivity index is 1.94. The van der Waals surface area contributed by atoms with E-state index in [1.165, 1.54) is 26.9 Å². The van der Waals surface area contributed by atoms with E-state index in [2.05, 4.69) is 70.8 Å². The fourth-order valence-electron chi connectivity index (χ4n) is 2.49. The molecule has 1 nitrogen and oxygen atoms in total. The summed E-state index contributed by atoms with van der Waals surface area (Å²) in [7, 11) is 0. The van der Waals surface area contributed by atoms with Crippen LogP contribution in [0, 0.1) is 6.92 Å². The summed E-state index contributed by atoms with van der Waals surface area (Å²) < 4.78 is 1.20. The standard InChI is InChI=1S/C17H22BrNS/c1-3-19-16(11-17-10-15(18)12-20-17)9-8-14-7-5-4-6-13(14)2/h4-7,10,12,16,19H,3,8-9,11H2,1-2H3. The third-order valence-electron chi connectivity index (χ3n) is 3.59. The maximum Gasteiger partial charge on any atom is 0.0285 e. The highest BCUT2D eigenvalue weighted by atomic mass is 79.9. The SMILES string of the molecule is CCNC(CCc1ccccc1C)Cc1cc(Br)cs1. The van der Waals surface area contributed by atoms with Crippen molar-refractivity contribution in [3.63, 3.8) is 0 Å². The molecule has 0 radical (unpaired) electrons. The van der Waals surface area contributed by atoms with Crippen LogP contribution in [0.2, 0.25) is 0 Å². The number of likely N-dealkylation sites (N-methyl/N-ethyl adjacent to an activating group) is 1. The van der Waals surface area contributed by atoms with Crippen molar-refractivity contribution in [3.05, 3.63) is 56.2 Å². The Hall–Kier alpha value is -0.640. The van der Waals surface area contributed by atoms with E-state index in [1.807, 2.05) is 11.3 Å². The number of benzene rings is 1. The first-order valence-corrected chi connectivity index (χ1v) is 8.87. The topological polar surface area (TPSA) is 12.0 Å². The molecule has 2 rings (SSSR count). The summed E-state index contributed by atoms with van der Waals surface area (Å²) in [6.45, 7) is 5.42. The van der Waals surface area contributed by atoms with Crippen LogP contribution >= 0.6 is 27.3 Å². The molecule has 0 aliphatic rings. The summed E-state index contributed by atoms with van der Waals surface area (Å²) in [4.78, 5) is 1.45. The Bertz CT molecular complexity index is 535. The zero-order chi connectivity index (χ0) is 14.4. The minimum Gasteiger partial charge on any atom is -0.314 e. The van der Waals surface area contributed by atoms with E-state index >= 15 is 0 Å². The third kappa shape index (κ3) is 4.72. The molecule has 0 bridgehead atoms. The minimum atomic E-state index is 0.560. The van der Waals surface area contributed by atoms with Gasteiger partial charge in [0.05, 0.1) is 0 Å². The van der Waals surface area contributed by atoms with Gasteiger partial charge in [-0.3, -0.25) is 0 Å². The summed E-state index contributed by atoms with van der Waals surface area (Å²) in [5.74, 6) is 0. The van der Waals surface area contributed by atoms with Crippen LogP contribution in [-0.4, -0.2) is 12.6 Å². The molecule has 1 N–H and O–H groups in total. The smallest absolute Gasteiger partial charge is 0.0285 e. The molecular formula is C17H22BrNS. The van der Waals surface area contributed by atoms with E-state index in [1.54, 1.807) is 0 Å². The molecular weight excluding hydrogens is 330 g/mol. The number of thiophene rings is 1. The first kappa shape index (κ1) is 15.7. The van der Waals surface area contributed by atoms with E-state index in [-0.39, 0.29) is 0 Å². The lowest BCUT2D eigenvalue weighted by Crippen LogP contribution is -2.31. The number of halogens is 1. The summed E-state index contributed by atoms with van der Waals surface area (Å²) in [6, 6.07) is 11.5. The molecule has 0 spiro atoms. The summed E-state index contributed by atoms with van der Waals surface area (Å²) in [5, 5.41) is 5.79. The van der Waals surface area contributed by atoms with Gasteiger partial charge in [0.15, 0.2) is 0 Å². The van der Waals surface area contributed by atoms with Gasteiger partial charge in [-0.2, -0.15) is 0 Å². The average Bonchev–Trinajstić information content (AvgIpc) is 2.83. The molecule has 1 aromatic carbocycles. The minimum absolute atomic E-state index is 0.560. The summed E-state index contributed by atoms with van der Waals surface area (Å²) in [6.07, 6.45) is 3.46. The van der Waals surface area contributed by atoms with Crippen molar-refractivity contribution >= 4 is 27.3 Å². The second kappa shape index (κ2) is 7.96. The molecule has 1 heterocycles. The number of aryl methyl sites for hydroxylation is 2. The molecule has 1 atom stereocenters. The quantitative estimate of drug-likeness (QED) is 0.742. The monoisotopic (exact) mass is 351 g/mol. The zero-order valence-corrected chi connectivity index (χ0v) is 14.6. The normalized spacial score (nSPS) is 12.6. The third-order valence-corrected chi connectivity index (χ3v) is 5.31. The Morgan fingerprint density at radius 1 is 1.30 bits per heavy atom. The maximum atomic E-state index is 3.62. The van der Waals surface area contributed by atoms with Crippen LogP contribution in [0.15, 0.2) is 40.2 Å². The van der Waals surface area contributed by atoms with Gasteiger partial charge in [-0.1, -0.05) is 31.2 Å². The fraction of sp³-hybridized carbons (Fsp3) is 0.412. The second-order valence-electron chi connectivity index (χ2n) is 5.16. The molecule has 1 unspecified atom stereocenters. The molecule has 0 aliphatic heterocycles. The van der Waals surface area contributed by atoms with Crippen LogP contribution in [0.25, 0.3) is 0 Å². The highest BCUT2D eigenvalue weighted by Gasteiger charge is 2.11. The van der Waals surface area contributed by atoms with Crippen LogP contribution in [0.1, 0.15) is 29.3 Å². The van der Waals surface area contributed by atoms with Gasteiger partial charge >= 0.3 is 0 Å². The summed E-state index contributed by atoms with van der Waals surface area (Å²) >= 11 is 5.38. The van der Waals surface area contributed by atoms with E-state index in [4.69, 9.17) is 0 Å². The van der Waals surface area contributed by atoms with Crippen molar-refractivity contribution in [2.45, 2.75) is 39.2 Å². The van der Waals surface area contributed by atoms with E-state index < -0.39 is 0 Å². The predicted molar refractivity (Wildman–Crippen MR) is 92.7 cm³/mol. The van der Waals surface area contributed by atoms with Gasteiger partial charge in [0, 0.05) is 20.8 Å². The molecule has 108 valence electrons. The Morgan fingerprint density at radius 2 is 2.10 bits per heavy atom. The van der Waals surface area contributed by atoms with Gasteiger partial charge in [0.1, 0.15) is 0 Å². The molecule has 0 aliphatic carbocycles.